The number of hydrogen-bond donors (Lipinski definition) is 1. The van der Waals surface area contributed by atoms with Crippen LogP contribution >= 0.6 is 0 Å². The molecule has 0 aliphatic heterocycles. The number of amides is 1. The number of carbonyl (C=O) groups is 1. The molecule has 0 aromatic rings. The van der Waals surface area contributed by atoms with Gasteiger partial charge in [-0.2, -0.15) is 5.10 Å². The Labute approximate surface area is 42.4 Å². The molecule has 0 atom stereocenters. The summed E-state index contributed by atoms with van der Waals surface area (Å²) in [4.78, 5) is 10.1. The van der Waals surface area contributed by atoms with Gasteiger partial charge in [0.1, 0.15) is 0 Å². The van der Waals surface area contributed by atoms with E-state index in [-0.39, 0.29) is 5.91 Å². The second kappa shape index (κ2) is 3.33. The van der Waals surface area contributed by atoms with Gasteiger partial charge < -0.3 is 0 Å². The number of hydrogen-bond acceptors (Lipinski definition) is 2. The standard InChI is InChI=1S/C4H7N2O/c1-3-4(7)6-5-2/h2H,3H2,1H3,(H,6,7). The topological polar surface area (TPSA) is 41.5 Å². The average molecular weight is 99.1 g/mol. The number of carbonyl (C=O) groups excluding carboxylic acids is 1. The second-order valence-corrected chi connectivity index (χ2v) is 1.02. The molecule has 0 saturated heterocycles. The summed E-state index contributed by atoms with van der Waals surface area (Å²) in [5, 5.41) is 2.91. The average Bonchev–Trinajstić information content (AvgIpc) is 1.68. The molecular formula is C4H7N2O. The minimum Gasteiger partial charge on any atom is -0.273 e. The Kier molecular flexibility index (Phi) is 2.92. The first kappa shape index (κ1) is 6.14. The van der Waals surface area contributed by atoms with Crippen LogP contribution in [-0.4, -0.2) is 12.6 Å². The first-order chi connectivity index (χ1) is 3.31. The first-order valence-electron chi connectivity index (χ1n) is 2.00. The number of hydrazone groups is 1. The smallest absolute Gasteiger partial charge is 0.239 e. The second-order valence-electron chi connectivity index (χ2n) is 1.02. The van der Waals surface area contributed by atoms with Crippen LogP contribution in [0.25, 0.3) is 0 Å². The van der Waals surface area contributed by atoms with Crippen molar-refractivity contribution in [2.45, 2.75) is 13.3 Å². The normalized spacial score (nSPS) is 7.57. The van der Waals surface area contributed by atoms with Gasteiger partial charge in [-0.15, -0.1) is 0 Å². The molecule has 39 valence electrons. The number of nitrogens with zero attached hydrogens (tertiary/aromatic N) is 1. The van der Waals surface area contributed by atoms with Crippen molar-refractivity contribution in [1.29, 1.82) is 0 Å². The number of nitrogens with one attached hydrogen (secondary N) is 1. The van der Waals surface area contributed by atoms with E-state index in [0.717, 1.165) is 0 Å². The first-order valence-corrected chi connectivity index (χ1v) is 2.00. The summed E-state index contributed by atoms with van der Waals surface area (Å²) in [6.45, 7) is 6.32. The lowest BCUT2D eigenvalue weighted by Crippen LogP contribution is -2.14. The van der Waals surface area contributed by atoms with Gasteiger partial charge in [0.2, 0.25) is 5.91 Å². The fourth-order valence-electron chi connectivity index (χ4n) is 0.151. The molecule has 0 saturated carbocycles. The molecule has 0 heterocycles. The van der Waals surface area contributed by atoms with E-state index in [4.69, 9.17) is 0 Å². The van der Waals surface area contributed by atoms with Crippen LogP contribution in [0.2, 0.25) is 0 Å². The van der Waals surface area contributed by atoms with E-state index >= 15 is 0 Å². The molecule has 1 radical (unpaired) electrons. The monoisotopic (exact) mass is 99.1 g/mol. The zero-order valence-electron chi connectivity index (χ0n) is 4.14. The molecule has 0 aromatic carbocycles. The molecule has 0 aromatic heterocycles. The molecule has 0 aliphatic carbocycles. The van der Waals surface area contributed by atoms with Gasteiger partial charge in [-0.25, -0.2) is 5.43 Å². The van der Waals surface area contributed by atoms with Crippen molar-refractivity contribution in [3.8, 4) is 0 Å². The molecule has 0 fully saturated rings. The van der Waals surface area contributed by atoms with Crippen molar-refractivity contribution in [2.75, 3.05) is 0 Å². The van der Waals surface area contributed by atoms with Crippen molar-refractivity contribution in [3.63, 3.8) is 0 Å². The Morgan fingerprint density at radius 3 is 2.71 bits per heavy atom. The summed E-state index contributed by atoms with van der Waals surface area (Å²) in [5.74, 6) is -0.164. The van der Waals surface area contributed by atoms with Gasteiger partial charge in [-0.1, -0.05) is 6.92 Å². The lowest BCUT2D eigenvalue weighted by atomic mass is 10.5. The van der Waals surface area contributed by atoms with Gasteiger partial charge in [0, 0.05) is 6.42 Å². The lowest BCUT2D eigenvalue weighted by Gasteiger charge is -1.88. The van der Waals surface area contributed by atoms with Gasteiger partial charge in [0.15, 0.2) is 0 Å². The van der Waals surface area contributed by atoms with Gasteiger partial charge in [-0.05, 0) is 0 Å². The lowest BCUT2D eigenvalue weighted by molar-refractivity contribution is -0.120. The highest BCUT2D eigenvalue weighted by Gasteiger charge is 1.87. The van der Waals surface area contributed by atoms with Crippen LogP contribution in [0.5, 0.6) is 0 Å². The Morgan fingerprint density at radius 1 is 2.00 bits per heavy atom. The largest absolute Gasteiger partial charge is 0.273 e. The molecule has 3 nitrogen and oxygen atoms in total. The maximum absolute atomic E-state index is 10.1. The summed E-state index contributed by atoms with van der Waals surface area (Å²) < 4.78 is 0. The molecule has 0 unspecified atom stereocenters. The van der Waals surface area contributed by atoms with Crippen molar-refractivity contribution < 1.29 is 4.79 Å². The van der Waals surface area contributed by atoms with E-state index in [1.54, 1.807) is 6.92 Å². The molecule has 0 spiro atoms. The van der Waals surface area contributed by atoms with Gasteiger partial charge >= 0.3 is 0 Å². The maximum atomic E-state index is 10.1. The van der Waals surface area contributed by atoms with E-state index in [9.17, 15) is 4.79 Å². The quantitative estimate of drug-likeness (QED) is 0.384. The Morgan fingerprint density at radius 2 is 2.57 bits per heavy atom. The van der Waals surface area contributed by atoms with E-state index in [1.807, 2.05) is 0 Å². The molecule has 1 N–H and O–H groups in total. The zero-order chi connectivity index (χ0) is 5.70. The van der Waals surface area contributed by atoms with Gasteiger partial charge in [-0.3, -0.25) is 4.79 Å². The van der Waals surface area contributed by atoms with Crippen molar-refractivity contribution >= 4 is 12.6 Å². The molecular weight excluding hydrogens is 92.1 g/mol. The Hall–Kier alpha value is -0.860. The fraction of sp³-hybridized carbons (Fsp3) is 0.500. The summed E-state index contributed by atoms with van der Waals surface area (Å²) >= 11 is 0. The third-order valence-corrected chi connectivity index (χ3v) is 0.510. The molecule has 0 aliphatic rings. The van der Waals surface area contributed by atoms with E-state index in [2.05, 4.69) is 17.2 Å². The van der Waals surface area contributed by atoms with E-state index in [0.29, 0.717) is 6.42 Å². The van der Waals surface area contributed by atoms with Gasteiger partial charge in [0.25, 0.3) is 0 Å². The molecule has 0 rings (SSSR count). The predicted octanol–water partition coefficient (Wildman–Crippen LogP) is 0.00520. The van der Waals surface area contributed by atoms with Crippen LogP contribution in [0.15, 0.2) is 5.10 Å². The Bertz CT molecular complexity index is 79.8. The molecule has 0 bridgehead atoms. The van der Waals surface area contributed by atoms with Crippen LogP contribution in [0.1, 0.15) is 13.3 Å². The third-order valence-electron chi connectivity index (χ3n) is 0.510. The SMILES string of the molecule is [CH]=NNC(=O)CC. The van der Waals surface area contributed by atoms with Crippen molar-refractivity contribution in [1.82, 2.24) is 5.43 Å². The highest BCUT2D eigenvalue weighted by atomic mass is 16.2. The zero-order valence-corrected chi connectivity index (χ0v) is 4.14. The van der Waals surface area contributed by atoms with Crippen LogP contribution in [0, 0.1) is 0 Å². The van der Waals surface area contributed by atoms with Crippen LogP contribution in [-0.2, 0) is 4.79 Å². The van der Waals surface area contributed by atoms with E-state index in [1.165, 1.54) is 0 Å². The van der Waals surface area contributed by atoms with Crippen molar-refractivity contribution in [2.24, 2.45) is 5.10 Å². The number of rotatable bonds is 2. The third kappa shape index (κ3) is 2.96. The van der Waals surface area contributed by atoms with Crippen LogP contribution in [0.4, 0.5) is 0 Å². The summed E-state index contributed by atoms with van der Waals surface area (Å²) in [7, 11) is 0. The fourth-order valence-corrected chi connectivity index (χ4v) is 0.151. The summed E-state index contributed by atoms with van der Waals surface area (Å²) in [6.07, 6.45) is 0.417. The van der Waals surface area contributed by atoms with Gasteiger partial charge in [0.05, 0.1) is 6.72 Å². The molecule has 7 heavy (non-hydrogen) atoms. The summed E-state index contributed by atoms with van der Waals surface area (Å²) in [6, 6.07) is 0. The highest BCUT2D eigenvalue weighted by Crippen LogP contribution is 1.70. The molecule has 3 heteroatoms. The molecule has 1 amide bonds. The van der Waals surface area contributed by atoms with Crippen molar-refractivity contribution in [3.05, 3.63) is 0 Å². The Balaban J connectivity index is 3.17. The summed E-state index contributed by atoms with van der Waals surface area (Å²) in [5.41, 5.74) is 2.06. The highest BCUT2D eigenvalue weighted by molar-refractivity contribution is 5.75. The van der Waals surface area contributed by atoms with Crippen LogP contribution < -0.4 is 5.43 Å². The maximum Gasteiger partial charge on any atom is 0.239 e. The van der Waals surface area contributed by atoms with E-state index < -0.39 is 0 Å². The predicted molar refractivity (Wildman–Crippen MR) is 26.9 cm³/mol. The minimum atomic E-state index is -0.164. The minimum absolute atomic E-state index is 0.164. The van der Waals surface area contributed by atoms with Crippen LogP contribution in [0.3, 0.4) is 0 Å².